The standard InChI is InChI=1S/C14H28O6.3CH4.2Rf/c1-13(7-15,9-17-3)11-19-5-6-20-12-14(2,8-16)10-18-4;;;;;/h15-16H,3-12H2,1-2H3;3*1H4;;/q-2;;;;;. The van der Waals surface area contributed by atoms with Crippen LogP contribution in [-0.4, -0.2) is 63.1 Å². The van der Waals surface area contributed by atoms with Gasteiger partial charge in [-0.25, -0.2) is 14.2 Å². The Kier molecular flexibility index (Phi) is 30.4. The van der Waals surface area contributed by atoms with Crippen molar-refractivity contribution in [2.24, 2.45) is 10.8 Å². The van der Waals surface area contributed by atoms with Crippen LogP contribution in [0.5, 0.6) is 0 Å². The number of hydrogen-bond acceptors (Lipinski definition) is 6. The topological polar surface area (TPSA) is 77.4 Å². The first-order valence-electron chi connectivity index (χ1n) is 6.56. The molecular weight excluding hydrogens is 834 g/mol. The number of hydrogen-bond donors (Lipinski definition) is 2. The van der Waals surface area contributed by atoms with Crippen LogP contribution in [0.15, 0.2) is 0 Å². The zero-order valence-corrected chi connectivity index (χ0v) is 26.8. The summed E-state index contributed by atoms with van der Waals surface area (Å²) in [6.07, 6.45) is 0. The first-order chi connectivity index (χ1) is 9.45. The van der Waals surface area contributed by atoms with E-state index < -0.39 is 10.8 Å². The van der Waals surface area contributed by atoms with Crippen LogP contribution in [0.25, 0.3) is 0 Å². The largest absolute Gasteiger partial charge is 0.554 e. The molecule has 0 saturated carbocycles. The second kappa shape index (κ2) is 19.8. The molecule has 0 saturated heterocycles. The van der Waals surface area contributed by atoms with Crippen LogP contribution in [0.3, 0.4) is 0 Å². The summed E-state index contributed by atoms with van der Waals surface area (Å²) in [6, 6.07) is 0. The van der Waals surface area contributed by atoms with Crippen LogP contribution in [-0.2, 0) is 18.9 Å². The summed E-state index contributed by atoms with van der Waals surface area (Å²) in [6.45, 7) is 5.82. The summed E-state index contributed by atoms with van der Waals surface area (Å²) in [5.41, 5.74) is -0.911. The Labute approximate surface area is 144 Å². The van der Waals surface area contributed by atoms with E-state index in [1.54, 1.807) is 0 Å². The molecule has 25 heavy (non-hydrogen) atoms. The molecule has 150 valence electrons. The minimum absolute atomic E-state index is 0. The van der Waals surface area contributed by atoms with E-state index in [1.807, 2.05) is 13.8 Å². The molecule has 0 aromatic rings. The second-order valence-electron chi connectivity index (χ2n) is 5.74. The van der Waals surface area contributed by atoms with Crippen molar-refractivity contribution in [2.75, 3.05) is 52.9 Å². The van der Waals surface area contributed by atoms with E-state index in [9.17, 15) is 10.2 Å². The van der Waals surface area contributed by atoms with Gasteiger partial charge in [0, 0.05) is 24.0 Å². The molecule has 0 bridgehead atoms. The molecule has 0 aromatic carbocycles. The molecule has 0 rings (SSSR count). The maximum absolute atomic E-state index is 9.25. The minimum atomic E-state index is -0.455. The summed E-state index contributed by atoms with van der Waals surface area (Å²) in [4.78, 5) is 0. The van der Waals surface area contributed by atoms with E-state index in [1.165, 1.54) is 0 Å². The molecule has 6 nitrogen and oxygen atoms in total. The van der Waals surface area contributed by atoms with E-state index in [0.29, 0.717) is 39.6 Å². The van der Waals surface area contributed by atoms with Crippen LogP contribution >= 0.6 is 0 Å². The third-order valence-corrected chi connectivity index (χ3v) is 2.94. The predicted molar refractivity (Wildman–Crippen MR) is 94.8 cm³/mol. The molecule has 0 aliphatic heterocycles. The minimum Gasteiger partial charge on any atom is -0.554 e. The van der Waals surface area contributed by atoms with Crippen molar-refractivity contribution in [3.05, 3.63) is 14.2 Å². The smallest absolute Gasteiger partial charge is 0.0700 e. The molecule has 2 unspecified atom stereocenters. The molecule has 0 aliphatic rings. The Morgan fingerprint density at radius 3 is 1.16 bits per heavy atom. The van der Waals surface area contributed by atoms with Gasteiger partial charge in [-0.05, 0) is 0 Å². The van der Waals surface area contributed by atoms with Gasteiger partial charge in [-0.1, -0.05) is 36.1 Å². The monoisotopic (exact) mass is 875 g/mol. The molecule has 0 heterocycles. The fraction of sp³-hybridized carbons (Fsp3) is 0.882. The number of aliphatic hydroxyl groups excluding tert-OH is 2. The molecule has 0 aliphatic carbocycles. The third kappa shape index (κ3) is 16.4. The maximum atomic E-state index is 9.25. The van der Waals surface area contributed by atoms with Gasteiger partial charge in [0.25, 0.3) is 0 Å². The Morgan fingerprint density at radius 2 is 0.960 bits per heavy atom. The Balaban J connectivity index is -0.000000180. The van der Waals surface area contributed by atoms with Crippen LogP contribution < -0.4 is 0 Å². The Bertz CT molecular complexity index is 225. The van der Waals surface area contributed by atoms with Crippen LogP contribution in [0.2, 0.25) is 0 Å². The molecule has 8 heteroatoms. The summed E-state index contributed by atoms with van der Waals surface area (Å²) in [5.74, 6) is 0. The first-order valence-corrected chi connectivity index (χ1v) is 6.56. The second-order valence-corrected chi connectivity index (χ2v) is 5.74. The predicted octanol–water partition coefficient (Wildman–Crippen LogP) is 2.54. The molecule has 2 atom stereocenters. The van der Waals surface area contributed by atoms with Gasteiger partial charge >= 0.3 is 0 Å². The molecule has 0 fully saturated rings. The van der Waals surface area contributed by atoms with E-state index in [2.05, 4.69) is 14.2 Å². The summed E-state index contributed by atoms with van der Waals surface area (Å²) < 4.78 is 20.5. The number of ether oxygens (including phenoxy) is 4. The fourth-order valence-corrected chi connectivity index (χ4v) is 1.51. The van der Waals surface area contributed by atoms with Crippen LogP contribution in [0.4, 0.5) is 0 Å². The molecule has 0 radical (unpaired) electrons. The Morgan fingerprint density at radius 1 is 0.680 bits per heavy atom. The summed E-state index contributed by atoms with van der Waals surface area (Å²) in [5, 5.41) is 18.5. The molecule has 0 amide bonds. The summed E-state index contributed by atoms with van der Waals surface area (Å²) >= 11 is 0. The van der Waals surface area contributed by atoms with Gasteiger partial charge < -0.3 is 29.2 Å². The van der Waals surface area contributed by atoms with Gasteiger partial charge in [-0.2, -0.15) is 0 Å². The Hall–Kier alpha value is -2.24. The normalized spacial score (nSPS) is 14.2. The number of aliphatic hydroxyl groups is 2. The van der Waals surface area contributed by atoms with Crippen molar-refractivity contribution in [3.63, 3.8) is 0 Å². The molecule has 0 aromatic heterocycles. The third-order valence-electron chi connectivity index (χ3n) is 2.94. The first kappa shape index (κ1) is 38.4. The fourth-order valence-electron chi connectivity index (χ4n) is 1.51. The molecule has 2 N–H and O–H groups in total. The average Bonchev–Trinajstić information content (AvgIpc) is 2.43. The number of rotatable bonds is 13. The van der Waals surface area contributed by atoms with Crippen LogP contribution in [0.1, 0.15) is 36.1 Å². The van der Waals surface area contributed by atoms with E-state index >= 15 is 0 Å². The van der Waals surface area contributed by atoms with Gasteiger partial charge in [0.15, 0.2) is 0 Å². The van der Waals surface area contributed by atoms with Crippen molar-refractivity contribution in [3.8, 4) is 0 Å². The van der Waals surface area contributed by atoms with Crippen molar-refractivity contribution < 1.29 is 29.2 Å². The molecular formula is C17H40O6Rf2-2. The van der Waals surface area contributed by atoms with E-state index in [0.717, 1.165) is 0 Å². The maximum Gasteiger partial charge on any atom is 0.0700 e. The zero-order valence-electron chi connectivity index (χ0n) is 14.0. The van der Waals surface area contributed by atoms with Gasteiger partial charge in [0.2, 0.25) is 0 Å². The van der Waals surface area contributed by atoms with Crippen molar-refractivity contribution in [1.82, 2.24) is 0 Å². The van der Waals surface area contributed by atoms with E-state index in [4.69, 9.17) is 18.9 Å². The summed E-state index contributed by atoms with van der Waals surface area (Å²) in [7, 11) is 6.60. The van der Waals surface area contributed by atoms with E-state index in [-0.39, 0.29) is 35.5 Å². The quantitative estimate of drug-likeness (QED) is 0.219. The van der Waals surface area contributed by atoms with Gasteiger partial charge in [0.05, 0.1) is 39.6 Å². The van der Waals surface area contributed by atoms with Crippen molar-refractivity contribution >= 4 is 0 Å². The zero-order chi connectivity index (χ0) is 15.5. The van der Waals surface area contributed by atoms with Gasteiger partial charge in [0.1, 0.15) is 0 Å². The van der Waals surface area contributed by atoms with Crippen LogP contribution in [0, 0.1) is 25.0 Å². The average molecular weight is 875 g/mol. The molecule has 0 spiro atoms. The van der Waals surface area contributed by atoms with Crippen molar-refractivity contribution in [1.29, 1.82) is 0 Å². The van der Waals surface area contributed by atoms with Gasteiger partial charge in [-0.15, -0.1) is 0 Å². The van der Waals surface area contributed by atoms with Gasteiger partial charge in [-0.3, -0.25) is 0 Å². The van der Waals surface area contributed by atoms with Crippen molar-refractivity contribution in [2.45, 2.75) is 36.1 Å². The SMILES string of the molecule is C.C.C.[CH2-]OCC(C)(CO)COCCOCC(C)(CO)CO[CH2-].[Rf].[Rf].